The minimum atomic E-state index is -4.64. The summed E-state index contributed by atoms with van der Waals surface area (Å²) in [6.07, 6.45) is -4.64. The van der Waals surface area contributed by atoms with Crippen LogP contribution < -0.4 is 10.2 Å². The van der Waals surface area contributed by atoms with E-state index in [4.69, 9.17) is 0 Å². The van der Waals surface area contributed by atoms with Crippen molar-refractivity contribution < 1.29 is 32.3 Å². The molecule has 192 valence electrons. The number of halogens is 3. The molecule has 1 aliphatic heterocycles. The van der Waals surface area contributed by atoms with Crippen molar-refractivity contribution in [2.24, 2.45) is 0 Å². The summed E-state index contributed by atoms with van der Waals surface area (Å²) in [5.74, 6) is -1.48. The topological polar surface area (TPSA) is 111 Å². The number of hydrogen-bond acceptors (Lipinski definition) is 5. The van der Waals surface area contributed by atoms with Crippen molar-refractivity contribution in [3.63, 3.8) is 0 Å². The summed E-state index contributed by atoms with van der Waals surface area (Å²) in [5.41, 5.74) is -0.550. The van der Waals surface area contributed by atoms with E-state index in [1.165, 1.54) is 52.1 Å². The average molecular weight is 512 g/mol. The Morgan fingerprint density at radius 1 is 1.11 bits per heavy atom. The van der Waals surface area contributed by atoms with Gasteiger partial charge in [0.2, 0.25) is 0 Å². The van der Waals surface area contributed by atoms with Gasteiger partial charge in [0.25, 0.3) is 5.91 Å². The Morgan fingerprint density at radius 2 is 1.78 bits per heavy atom. The number of benzene rings is 2. The van der Waals surface area contributed by atoms with Crippen molar-refractivity contribution in [1.29, 1.82) is 5.26 Å². The van der Waals surface area contributed by atoms with Gasteiger partial charge in [-0.1, -0.05) is 12.1 Å². The Morgan fingerprint density at radius 3 is 2.35 bits per heavy atom. The third kappa shape index (κ3) is 5.38. The second kappa shape index (κ2) is 10.3. The van der Waals surface area contributed by atoms with Gasteiger partial charge in [-0.3, -0.25) is 19.3 Å². The number of nitriles is 1. The normalized spacial score (nSPS) is 15.9. The van der Waals surface area contributed by atoms with Gasteiger partial charge in [0.05, 0.1) is 35.5 Å². The fourth-order valence-corrected chi connectivity index (χ4v) is 4.22. The monoisotopic (exact) mass is 512 g/mol. The zero-order valence-electron chi connectivity index (χ0n) is 20.4. The zero-order valence-corrected chi connectivity index (χ0v) is 20.4. The molecule has 0 aliphatic carbocycles. The maximum absolute atomic E-state index is 13.5. The van der Waals surface area contributed by atoms with Crippen molar-refractivity contribution in [2.45, 2.75) is 33.0 Å². The van der Waals surface area contributed by atoms with E-state index in [1.54, 1.807) is 0 Å². The largest absolute Gasteiger partial charge is 0.416 e. The van der Waals surface area contributed by atoms with Crippen molar-refractivity contribution in [1.82, 2.24) is 10.2 Å². The summed E-state index contributed by atoms with van der Waals surface area (Å²) in [4.78, 5) is 52.9. The standard InChI is InChI=1S/C26H23F3N4O4/c1-14(34)13-31-24(36)21-10-17(12-30)8-9-20(21)23-22(16(3)35)15(2)33(25(37)32(23)4)19-7-5-6-18(11-19)26(27,28)29/h5-11,23H,13H2,1-4H3,(H,31,36). The lowest BCUT2D eigenvalue weighted by atomic mass is 9.87. The van der Waals surface area contributed by atoms with E-state index in [1.807, 2.05) is 6.07 Å². The number of urea groups is 1. The molecule has 0 fully saturated rings. The van der Waals surface area contributed by atoms with Gasteiger partial charge in [-0.05, 0) is 56.7 Å². The van der Waals surface area contributed by atoms with Crippen LogP contribution in [0.25, 0.3) is 0 Å². The predicted octanol–water partition coefficient (Wildman–Crippen LogP) is 4.37. The molecule has 11 heteroatoms. The number of nitrogens with one attached hydrogen (secondary N) is 1. The fourth-order valence-electron chi connectivity index (χ4n) is 4.22. The molecule has 0 bridgehead atoms. The van der Waals surface area contributed by atoms with Crippen molar-refractivity contribution in [3.8, 4) is 6.07 Å². The fraction of sp³-hybridized carbons (Fsp3) is 0.269. The van der Waals surface area contributed by atoms with Crippen molar-refractivity contribution in [2.75, 3.05) is 18.5 Å². The van der Waals surface area contributed by atoms with Crippen LogP contribution in [-0.4, -0.2) is 42.0 Å². The number of alkyl halides is 3. The molecule has 2 aromatic rings. The third-order valence-corrected chi connectivity index (χ3v) is 5.91. The maximum atomic E-state index is 13.5. The van der Waals surface area contributed by atoms with Gasteiger partial charge in [0.15, 0.2) is 5.78 Å². The minimum Gasteiger partial charge on any atom is -0.345 e. The lowest BCUT2D eigenvalue weighted by molar-refractivity contribution is -0.137. The predicted molar refractivity (Wildman–Crippen MR) is 127 cm³/mol. The van der Waals surface area contributed by atoms with Crippen LogP contribution in [0.15, 0.2) is 53.7 Å². The smallest absolute Gasteiger partial charge is 0.345 e. The number of allylic oxidation sites excluding steroid dienone is 1. The maximum Gasteiger partial charge on any atom is 0.416 e. The van der Waals surface area contributed by atoms with Gasteiger partial charge >= 0.3 is 12.2 Å². The van der Waals surface area contributed by atoms with E-state index in [-0.39, 0.29) is 46.0 Å². The highest BCUT2D eigenvalue weighted by Crippen LogP contribution is 2.41. The van der Waals surface area contributed by atoms with Crippen LogP contribution >= 0.6 is 0 Å². The quantitative estimate of drug-likeness (QED) is 0.618. The number of nitrogens with zero attached hydrogens (tertiary/aromatic N) is 3. The molecule has 1 unspecified atom stereocenters. The summed E-state index contributed by atoms with van der Waals surface area (Å²) >= 11 is 0. The molecule has 1 atom stereocenters. The second-order valence-corrected chi connectivity index (χ2v) is 8.53. The molecule has 1 heterocycles. The zero-order chi connectivity index (χ0) is 27.7. The van der Waals surface area contributed by atoms with Gasteiger partial charge in [-0.15, -0.1) is 0 Å². The second-order valence-electron chi connectivity index (χ2n) is 8.53. The first kappa shape index (κ1) is 27.1. The summed E-state index contributed by atoms with van der Waals surface area (Å²) in [6, 6.07) is 8.42. The first-order valence-corrected chi connectivity index (χ1v) is 11.1. The highest BCUT2D eigenvalue weighted by molar-refractivity contribution is 6.06. The van der Waals surface area contributed by atoms with Crippen LogP contribution in [0.5, 0.6) is 0 Å². The highest BCUT2D eigenvalue weighted by Gasteiger charge is 2.41. The van der Waals surface area contributed by atoms with Gasteiger partial charge in [0, 0.05) is 23.9 Å². The SMILES string of the molecule is CC(=O)CNC(=O)c1cc(C#N)ccc1C1C(C(C)=O)=C(C)N(c2cccc(C(F)(F)F)c2)C(=O)N1C. The number of carbonyl (C=O) groups excluding carboxylic acids is 4. The van der Waals surface area contributed by atoms with Gasteiger partial charge in [-0.25, -0.2) is 4.79 Å². The summed E-state index contributed by atoms with van der Waals surface area (Å²) in [6.45, 7) is 3.70. The number of likely N-dealkylation sites (N-methyl/N-ethyl adjacent to an activating group) is 1. The molecule has 3 rings (SSSR count). The Kier molecular flexibility index (Phi) is 7.53. The Hall–Kier alpha value is -4.46. The van der Waals surface area contributed by atoms with Crippen LogP contribution in [0.2, 0.25) is 0 Å². The number of Topliss-reactive ketones (excluding diaryl/α,β-unsaturated/α-hetero) is 2. The van der Waals surface area contributed by atoms with Crippen molar-refractivity contribution in [3.05, 3.63) is 76.0 Å². The molecule has 0 radical (unpaired) electrons. The van der Waals surface area contributed by atoms with E-state index in [0.29, 0.717) is 0 Å². The molecule has 1 N–H and O–H groups in total. The van der Waals surface area contributed by atoms with Gasteiger partial charge in [0.1, 0.15) is 5.78 Å². The molecule has 3 amide bonds. The van der Waals surface area contributed by atoms with Crippen LogP contribution in [0.1, 0.15) is 53.9 Å². The van der Waals surface area contributed by atoms with E-state index >= 15 is 0 Å². The number of hydrogen-bond donors (Lipinski definition) is 1. The number of rotatable bonds is 6. The molecule has 8 nitrogen and oxygen atoms in total. The Bertz CT molecular complexity index is 1370. The molecule has 1 aliphatic rings. The van der Waals surface area contributed by atoms with Gasteiger partial charge in [-0.2, -0.15) is 18.4 Å². The molecule has 37 heavy (non-hydrogen) atoms. The van der Waals surface area contributed by atoms with Gasteiger partial charge < -0.3 is 10.2 Å². The van der Waals surface area contributed by atoms with E-state index in [9.17, 15) is 37.6 Å². The lowest BCUT2D eigenvalue weighted by Gasteiger charge is -2.41. The number of carbonyl (C=O) groups is 4. The Labute approximate surface area is 211 Å². The lowest BCUT2D eigenvalue weighted by Crippen LogP contribution is -2.49. The Balaban J connectivity index is 2.22. The molecular formula is C26H23F3N4O4. The molecule has 0 saturated heterocycles. The number of anilines is 1. The van der Waals surface area contributed by atoms with Crippen LogP contribution in [0.3, 0.4) is 0 Å². The summed E-state index contributed by atoms with van der Waals surface area (Å²) < 4.78 is 40.0. The number of amides is 3. The third-order valence-electron chi connectivity index (χ3n) is 5.91. The van der Waals surface area contributed by atoms with Crippen LogP contribution in [-0.2, 0) is 15.8 Å². The van der Waals surface area contributed by atoms with Crippen LogP contribution in [0, 0.1) is 11.3 Å². The van der Waals surface area contributed by atoms with E-state index < -0.39 is 35.5 Å². The molecule has 2 aromatic carbocycles. The summed E-state index contributed by atoms with van der Waals surface area (Å²) in [7, 11) is 1.36. The highest BCUT2D eigenvalue weighted by atomic mass is 19.4. The number of ketones is 2. The van der Waals surface area contributed by atoms with E-state index in [0.717, 1.165) is 28.0 Å². The first-order chi connectivity index (χ1) is 17.3. The molecule has 0 aromatic heterocycles. The molecular weight excluding hydrogens is 489 g/mol. The average Bonchev–Trinajstić information content (AvgIpc) is 2.83. The molecule has 0 spiro atoms. The minimum absolute atomic E-state index is 0.0241. The first-order valence-electron chi connectivity index (χ1n) is 11.1. The van der Waals surface area contributed by atoms with Crippen molar-refractivity contribution >= 4 is 29.2 Å². The van der Waals surface area contributed by atoms with E-state index in [2.05, 4.69) is 5.32 Å². The van der Waals surface area contributed by atoms with Crippen LogP contribution in [0.4, 0.5) is 23.7 Å². The summed E-state index contributed by atoms with van der Waals surface area (Å²) in [5, 5.41) is 11.8. The molecule has 0 saturated carbocycles.